The van der Waals surface area contributed by atoms with Crippen LogP contribution in [0.15, 0.2) is 48.7 Å². The Labute approximate surface area is 133 Å². The summed E-state index contributed by atoms with van der Waals surface area (Å²) in [6, 6.07) is 11.4. The molecule has 0 unspecified atom stereocenters. The number of benzene rings is 1. The summed E-state index contributed by atoms with van der Waals surface area (Å²) in [4.78, 5) is 26.1. The molecule has 120 valence electrons. The molecule has 0 aliphatic heterocycles. The van der Waals surface area contributed by atoms with Crippen molar-refractivity contribution in [3.8, 4) is 0 Å². The largest absolute Gasteiger partial charge is 0.477 e. The molecule has 7 nitrogen and oxygen atoms in total. The molecule has 0 aliphatic rings. The second kappa shape index (κ2) is 7.01. The summed E-state index contributed by atoms with van der Waals surface area (Å²) in [5.41, 5.74) is 0.588. The van der Waals surface area contributed by atoms with Crippen LogP contribution in [0.25, 0.3) is 0 Å². The summed E-state index contributed by atoms with van der Waals surface area (Å²) < 4.78 is 25.8. The van der Waals surface area contributed by atoms with Gasteiger partial charge in [0, 0.05) is 6.20 Å². The van der Waals surface area contributed by atoms with Crippen molar-refractivity contribution in [2.24, 2.45) is 0 Å². The third-order valence-electron chi connectivity index (χ3n) is 3.00. The second-order valence-corrected chi connectivity index (χ2v) is 6.56. The molecule has 1 aromatic carbocycles. The number of nitrogens with zero attached hydrogens (tertiary/aromatic N) is 1. The molecule has 1 aromatic heterocycles. The predicted octanol–water partition coefficient (Wildman–Crippen LogP) is 1.08. The molecule has 2 rings (SSSR count). The van der Waals surface area contributed by atoms with Crippen LogP contribution in [0.2, 0.25) is 0 Å². The molecule has 0 spiro atoms. The number of amides is 1. The molecular weight excluding hydrogens is 320 g/mol. The molecule has 0 bridgehead atoms. The maximum absolute atomic E-state index is 11.9. The van der Waals surface area contributed by atoms with E-state index in [2.05, 4.69) is 4.98 Å². The van der Waals surface area contributed by atoms with Crippen molar-refractivity contribution in [2.45, 2.75) is 6.42 Å². The molecule has 0 fully saturated rings. The Balaban J connectivity index is 1.99. The van der Waals surface area contributed by atoms with E-state index in [-0.39, 0.29) is 23.4 Å². The number of aromatic carboxylic acids is 1. The van der Waals surface area contributed by atoms with Crippen LogP contribution in [-0.4, -0.2) is 36.1 Å². The number of nitrogens with one attached hydrogen (secondary N) is 1. The number of pyridine rings is 1. The van der Waals surface area contributed by atoms with Gasteiger partial charge in [0.2, 0.25) is 10.0 Å². The average molecular weight is 334 g/mol. The van der Waals surface area contributed by atoms with E-state index in [0.29, 0.717) is 0 Å². The normalized spacial score (nSPS) is 11.0. The zero-order chi connectivity index (χ0) is 16.9. The summed E-state index contributed by atoms with van der Waals surface area (Å²) in [5, 5.41) is 8.72. The number of carboxylic acid groups (broad SMARTS) is 1. The predicted molar refractivity (Wildman–Crippen MR) is 82.6 cm³/mol. The maximum Gasteiger partial charge on any atom is 0.354 e. The lowest BCUT2D eigenvalue weighted by Gasteiger charge is -2.07. The van der Waals surface area contributed by atoms with Crippen LogP contribution in [0.5, 0.6) is 0 Å². The molecule has 1 heterocycles. The Morgan fingerprint density at radius 2 is 1.78 bits per heavy atom. The van der Waals surface area contributed by atoms with Gasteiger partial charge in [0.15, 0.2) is 0 Å². The number of sulfonamides is 1. The second-order valence-electron chi connectivity index (χ2n) is 4.72. The highest BCUT2D eigenvalue weighted by Gasteiger charge is 2.17. The molecule has 0 atom stereocenters. The summed E-state index contributed by atoms with van der Waals surface area (Å²) in [6.45, 7) is 0. The molecular formula is C15H14N2O5S. The minimum Gasteiger partial charge on any atom is -0.477 e. The van der Waals surface area contributed by atoms with Crippen molar-refractivity contribution in [2.75, 3.05) is 5.75 Å². The first-order valence-electron chi connectivity index (χ1n) is 6.65. The molecule has 0 radical (unpaired) electrons. The van der Waals surface area contributed by atoms with Gasteiger partial charge < -0.3 is 5.11 Å². The molecule has 2 aromatic rings. The number of hydrogen-bond donors (Lipinski definition) is 2. The topological polar surface area (TPSA) is 113 Å². The van der Waals surface area contributed by atoms with Crippen LogP contribution >= 0.6 is 0 Å². The molecule has 0 aliphatic carbocycles. The first kappa shape index (κ1) is 16.6. The molecule has 2 N–H and O–H groups in total. The van der Waals surface area contributed by atoms with Crippen LogP contribution in [0.1, 0.15) is 26.4 Å². The van der Waals surface area contributed by atoms with Crippen LogP contribution in [0.4, 0.5) is 0 Å². The van der Waals surface area contributed by atoms with Gasteiger partial charge in [-0.1, -0.05) is 30.3 Å². The monoisotopic (exact) mass is 334 g/mol. The zero-order valence-corrected chi connectivity index (χ0v) is 12.8. The van der Waals surface area contributed by atoms with Crippen molar-refractivity contribution >= 4 is 21.9 Å². The van der Waals surface area contributed by atoms with Crippen molar-refractivity contribution < 1.29 is 23.1 Å². The molecule has 1 amide bonds. The number of rotatable bonds is 6. The highest BCUT2D eigenvalue weighted by atomic mass is 32.2. The van der Waals surface area contributed by atoms with Gasteiger partial charge in [0.25, 0.3) is 5.91 Å². The number of aromatic nitrogens is 1. The maximum atomic E-state index is 11.9. The Kier molecular flexibility index (Phi) is 5.07. The minimum absolute atomic E-state index is 0.0294. The van der Waals surface area contributed by atoms with Crippen LogP contribution in [0, 0.1) is 0 Å². The van der Waals surface area contributed by atoms with E-state index in [4.69, 9.17) is 5.11 Å². The lowest BCUT2D eigenvalue weighted by atomic mass is 10.2. The zero-order valence-electron chi connectivity index (χ0n) is 12.0. The fourth-order valence-electron chi connectivity index (χ4n) is 1.80. The fourth-order valence-corrected chi connectivity index (χ4v) is 2.81. The average Bonchev–Trinajstić information content (AvgIpc) is 2.54. The first-order valence-corrected chi connectivity index (χ1v) is 8.31. The summed E-state index contributed by atoms with van der Waals surface area (Å²) in [5.74, 6) is -2.31. The summed E-state index contributed by atoms with van der Waals surface area (Å²) in [7, 11) is -3.80. The molecule has 0 saturated heterocycles. The van der Waals surface area contributed by atoms with Crippen molar-refractivity contribution in [3.63, 3.8) is 0 Å². The molecule has 0 saturated carbocycles. The van der Waals surface area contributed by atoms with Gasteiger partial charge in [0.05, 0.1) is 11.3 Å². The smallest absolute Gasteiger partial charge is 0.354 e. The van der Waals surface area contributed by atoms with E-state index in [0.717, 1.165) is 17.8 Å². The van der Waals surface area contributed by atoms with Crippen molar-refractivity contribution in [1.82, 2.24) is 9.71 Å². The lowest BCUT2D eigenvalue weighted by molar-refractivity contribution is 0.0689. The van der Waals surface area contributed by atoms with Gasteiger partial charge in [-0.15, -0.1) is 0 Å². The van der Waals surface area contributed by atoms with Crippen LogP contribution in [0.3, 0.4) is 0 Å². The van der Waals surface area contributed by atoms with E-state index in [1.807, 2.05) is 10.8 Å². The summed E-state index contributed by atoms with van der Waals surface area (Å²) in [6.07, 6.45) is 1.30. The summed E-state index contributed by atoms with van der Waals surface area (Å²) >= 11 is 0. The Morgan fingerprint density at radius 3 is 2.35 bits per heavy atom. The third-order valence-corrected chi connectivity index (χ3v) is 4.23. The Morgan fingerprint density at radius 1 is 1.09 bits per heavy atom. The highest BCUT2D eigenvalue weighted by molar-refractivity contribution is 7.90. The number of carbonyl (C=O) groups excluding carboxylic acids is 1. The van der Waals surface area contributed by atoms with Crippen molar-refractivity contribution in [1.29, 1.82) is 0 Å². The van der Waals surface area contributed by atoms with Crippen LogP contribution in [-0.2, 0) is 16.4 Å². The SMILES string of the molecule is O=C(NS(=O)(=O)CCc1ccccc1)c1ccc(C(=O)O)nc1. The van der Waals surface area contributed by atoms with Gasteiger partial charge in [-0.2, -0.15) is 0 Å². The standard InChI is InChI=1S/C15H14N2O5S/c18-14(12-6-7-13(15(19)20)16-10-12)17-23(21,22)9-8-11-4-2-1-3-5-11/h1-7,10H,8-9H2,(H,17,18)(H,19,20). The Bertz CT molecular complexity index is 802. The molecule has 8 heteroatoms. The molecule has 23 heavy (non-hydrogen) atoms. The number of carbonyl (C=O) groups is 2. The van der Waals surface area contributed by atoms with E-state index >= 15 is 0 Å². The van der Waals surface area contributed by atoms with Crippen molar-refractivity contribution in [3.05, 3.63) is 65.5 Å². The van der Waals surface area contributed by atoms with Gasteiger partial charge >= 0.3 is 5.97 Å². The number of aryl methyl sites for hydroxylation is 1. The number of carboxylic acids is 1. The van der Waals surface area contributed by atoms with Gasteiger partial charge in [-0.3, -0.25) is 4.79 Å². The van der Waals surface area contributed by atoms with Gasteiger partial charge in [-0.05, 0) is 24.1 Å². The van der Waals surface area contributed by atoms with E-state index in [1.54, 1.807) is 24.3 Å². The highest BCUT2D eigenvalue weighted by Crippen LogP contribution is 2.04. The number of hydrogen-bond acceptors (Lipinski definition) is 5. The quantitative estimate of drug-likeness (QED) is 0.817. The first-order chi connectivity index (χ1) is 10.9. The fraction of sp³-hybridized carbons (Fsp3) is 0.133. The third kappa shape index (κ3) is 4.89. The van der Waals surface area contributed by atoms with E-state index in [9.17, 15) is 18.0 Å². The van der Waals surface area contributed by atoms with E-state index in [1.165, 1.54) is 6.07 Å². The van der Waals surface area contributed by atoms with E-state index < -0.39 is 21.9 Å². The van der Waals surface area contributed by atoms with Crippen LogP contribution < -0.4 is 4.72 Å². The Hall–Kier alpha value is -2.74. The lowest BCUT2D eigenvalue weighted by Crippen LogP contribution is -2.33. The minimum atomic E-state index is -3.80. The van der Waals surface area contributed by atoms with Gasteiger partial charge in [-0.25, -0.2) is 22.9 Å². The van der Waals surface area contributed by atoms with Gasteiger partial charge in [0.1, 0.15) is 5.69 Å².